The molecule has 1 aliphatic heterocycles. The van der Waals surface area contributed by atoms with Crippen LogP contribution in [-0.2, 0) is 16.1 Å². The standard InChI is InChI=1S/C21H21N5O3/c1-13(20-23-16-8-4-5-9-17(16)24-20)22-21(29)25-15-7-3-2-6-14(15)12-26-18(27)10-11-19(26)28/h2-9,13H,10-12H2,1H3,(H,23,24)(H2,22,25,29). The lowest BCUT2D eigenvalue weighted by molar-refractivity contribution is -0.139. The van der Waals surface area contributed by atoms with Crippen molar-refractivity contribution >= 4 is 34.6 Å². The fourth-order valence-corrected chi connectivity index (χ4v) is 3.35. The van der Waals surface area contributed by atoms with Crippen molar-refractivity contribution in [3.63, 3.8) is 0 Å². The smallest absolute Gasteiger partial charge is 0.319 e. The summed E-state index contributed by atoms with van der Waals surface area (Å²) in [6.07, 6.45) is 0.480. The second-order valence-corrected chi connectivity index (χ2v) is 6.99. The van der Waals surface area contributed by atoms with Gasteiger partial charge in [0.05, 0.1) is 23.6 Å². The van der Waals surface area contributed by atoms with Crippen molar-refractivity contribution in [1.82, 2.24) is 20.2 Å². The first-order chi connectivity index (χ1) is 14.0. The summed E-state index contributed by atoms with van der Waals surface area (Å²) in [5.41, 5.74) is 2.99. The van der Waals surface area contributed by atoms with Crippen molar-refractivity contribution in [3.8, 4) is 0 Å². The van der Waals surface area contributed by atoms with E-state index in [-0.39, 0.29) is 37.2 Å². The van der Waals surface area contributed by atoms with Gasteiger partial charge < -0.3 is 15.6 Å². The van der Waals surface area contributed by atoms with Gasteiger partial charge in [-0.05, 0) is 30.7 Å². The fraction of sp³-hybridized carbons (Fsp3) is 0.238. The molecule has 2 heterocycles. The highest BCUT2D eigenvalue weighted by Crippen LogP contribution is 2.22. The second kappa shape index (κ2) is 7.75. The maximum Gasteiger partial charge on any atom is 0.319 e. The number of nitrogens with zero attached hydrogens (tertiary/aromatic N) is 2. The molecule has 148 valence electrons. The van der Waals surface area contributed by atoms with E-state index in [4.69, 9.17) is 0 Å². The van der Waals surface area contributed by atoms with Crippen molar-refractivity contribution in [1.29, 1.82) is 0 Å². The van der Waals surface area contributed by atoms with E-state index < -0.39 is 6.03 Å². The van der Waals surface area contributed by atoms with Crippen LogP contribution in [0.25, 0.3) is 11.0 Å². The predicted molar refractivity (Wildman–Crippen MR) is 108 cm³/mol. The molecule has 1 atom stereocenters. The molecule has 1 fully saturated rings. The molecule has 1 aliphatic rings. The highest BCUT2D eigenvalue weighted by Gasteiger charge is 2.29. The first kappa shape index (κ1) is 18.7. The summed E-state index contributed by atoms with van der Waals surface area (Å²) in [6.45, 7) is 1.98. The Morgan fingerprint density at radius 1 is 1.10 bits per heavy atom. The molecule has 0 aliphatic carbocycles. The number of benzene rings is 2. The van der Waals surface area contributed by atoms with Crippen LogP contribution in [0.3, 0.4) is 0 Å². The fourth-order valence-electron chi connectivity index (χ4n) is 3.35. The van der Waals surface area contributed by atoms with Crippen molar-refractivity contribution in [2.24, 2.45) is 0 Å². The second-order valence-electron chi connectivity index (χ2n) is 6.99. The van der Waals surface area contributed by atoms with Gasteiger partial charge in [0.15, 0.2) is 0 Å². The molecule has 0 spiro atoms. The number of urea groups is 1. The number of amides is 4. The zero-order valence-corrected chi connectivity index (χ0v) is 15.9. The number of para-hydroxylation sites is 3. The summed E-state index contributed by atoms with van der Waals surface area (Å²) in [6, 6.07) is 14.0. The number of fused-ring (bicyclic) bond motifs is 1. The van der Waals surface area contributed by atoms with E-state index in [0.717, 1.165) is 11.0 Å². The van der Waals surface area contributed by atoms with Gasteiger partial charge in [0.2, 0.25) is 11.8 Å². The number of H-pyrrole nitrogens is 1. The zero-order valence-electron chi connectivity index (χ0n) is 15.9. The number of carbonyl (C=O) groups excluding carboxylic acids is 3. The number of carbonyl (C=O) groups is 3. The van der Waals surface area contributed by atoms with E-state index in [9.17, 15) is 14.4 Å². The first-order valence-electron chi connectivity index (χ1n) is 9.44. The number of hydrogen-bond acceptors (Lipinski definition) is 4. The molecule has 4 amide bonds. The number of aromatic nitrogens is 2. The van der Waals surface area contributed by atoms with Gasteiger partial charge in [0.25, 0.3) is 0 Å². The van der Waals surface area contributed by atoms with Gasteiger partial charge in [-0.1, -0.05) is 30.3 Å². The minimum Gasteiger partial charge on any atom is -0.340 e. The van der Waals surface area contributed by atoms with Crippen LogP contribution in [0.5, 0.6) is 0 Å². The van der Waals surface area contributed by atoms with E-state index in [2.05, 4.69) is 20.6 Å². The Morgan fingerprint density at radius 2 is 1.79 bits per heavy atom. The molecule has 0 bridgehead atoms. The Hall–Kier alpha value is -3.68. The molecule has 1 saturated heterocycles. The Labute approximate surface area is 167 Å². The Morgan fingerprint density at radius 3 is 2.55 bits per heavy atom. The predicted octanol–water partition coefficient (Wildman–Crippen LogP) is 3.09. The van der Waals surface area contributed by atoms with Crippen LogP contribution in [0.4, 0.5) is 10.5 Å². The summed E-state index contributed by atoms with van der Waals surface area (Å²) < 4.78 is 0. The number of hydrogen-bond donors (Lipinski definition) is 3. The molecule has 29 heavy (non-hydrogen) atoms. The summed E-state index contributed by atoms with van der Waals surface area (Å²) >= 11 is 0. The lowest BCUT2D eigenvalue weighted by atomic mass is 10.1. The summed E-state index contributed by atoms with van der Waals surface area (Å²) in [5.74, 6) is 0.281. The van der Waals surface area contributed by atoms with Gasteiger partial charge in [-0.25, -0.2) is 9.78 Å². The topological polar surface area (TPSA) is 107 Å². The molecule has 0 radical (unpaired) electrons. The van der Waals surface area contributed by atoms with Crippen LogP contribution in [0.15, 0.2) is 48.5 Å². The van der Waals surface area contributed by atoms with E-state index in [1.54, 1.807) is 24.3 Å². The third-order valence-corrected chi connectivity index (χ3v) is 4.91. The largest absolute Gasteiger partial charge is 0.340 e. The molecule has 2 aromatic carbocycles. The van der Waals surface area contributed by atoms with Gasteiger partial charge in [-0.2, -0.15) is 0 Å². The Bertz CT molecular complexity index is 1040. The van der Waals surface area contributed by atoms with Gasteiger partial charge in [-0.3, -0.25) is 14.5 Å². The lowest BCUT2D eigenvalue weighted by Gasteiger charge is -2.18. The highest BCUT2D eigenvalue weighted by molar-refractivity contribution is 6.02. The molecule has 1 unspecified atom stereocenters. The number of rotatable bonds is 5. The molecule has 0 saturated carbocycles. The molecule has 1 aromatic heterocycles. The van der Waals surface area contributed by atoms with Crippen molar-refractivity contribution in [2.75, 3.05) is 5.32 Å². The minimum atomic E-state index is -0.399. The number of imide groups is 1. The third-order valence-electron chi connectivity index (χ3n) is 4.91. The van der Waals surface area contributed by atoms with Gasteiger partial charge in [0, 0.05) is 18.5 Å². The average molecular weight is 391 g/mol. The van der Waals surface area contributed by atoms with Crippen LogP contribution in [-0.4, -0.2) is 32.7 Å². The Balaban J connectivity index is 1.44. The molecule has 8 heteroatoms. The number of anilines is 1. The number of imidazole rings is 1. The lowest BCUT2D eigenvalue weighted by Crippen LogP contribution is -2.33. The zero-order chi connectivity index (χ0) is 20.4. The molecular weight excluding hydrogens is 370 g/mol. The number of nitrogens with one attached hydrogen (secondary N) is 3. The number of aromatic amines is 1. The van der Waals surface area contributed by atoms with Gasteiger partial charge in [-0.15, -0.1) is 0 Å². The maximum atomic E-state index is 12.5. The van der Waals surface area contributed by atoms with E-state index in [1.807, 2.05) is 31.2 Å². The summed E-state index contributed by atoms with van der Waals surface area (Å²) in [7, 11) is 0. The van der Waals surface area contributed by atoms with Gasteiger partial charge in [0.1, 0.15) is 5.82 Å². The normalized spacial score (nSPS) is 15.0. The minimum absolute atomic E-state index is 0.146. The van der Waals surface area contributed by atoms with Crippen molar-refractivity contribution in [3.05, 3.63) is 59.9 Å². The van der Waals surface area contributed by atoms with Crippen LogP contribution in [0, 0.1) is 0 Å². The van der Waals surface area contributed by atoms with Crippen LogP contribution in [0.2, 0.25) is 0 Å². The average Bonchev–Trinajstić information content (AvgIpc) is 3.28. The van der Waals surface area contributed by atoms with Crippen LogP contribution in [0.1, 0.15) is 37.2 Å². The summed E-state index contributed by atoms with van der Waals surface area (Å²) in [4.78, 5) is 45.2. The quantitative estimate of drug-likeness (QED) is 0.581. The summed E-state index contributed by atoms with van der Waals surface area (Å²) in [5, 5.41) is 5.66. The van der Waals surface area contributed by atoms with Crippen LogP contribution >= 0.6 is 0 Å². The molecule has 8 nitrogen and oxygen atoms in total. The van der Waals surface area contributed by atoms with E-state index in [0.29, 0.717) is 17.1 Å². The first-order valence-corrected chi connectivity index (χ1v) is 9.44. The molecule has 3 aromatic rings. The van der Waals surface area contributed by atoms with Crippen LogP contribution < -0.4 is 10.6 Å². The molecule has 4 rings (SSSR count). The molecule has 3 N–H and O–H groups in total. The monoisotopic (exact) mass is 391 g/mol. The maximum absolute atomic E-state index is 12.5. The van der Waals surface area contributed by atoms with E-state index >= 15 is 0 Å². The van der Waals surface area contributed by atoms with Crippen molar-refractivity contribution < 1.29 is 14.4 Å². The molecular formula is C21H21N5O3. The SMILES string of the molecule is CC(NC(=O)Nc1ccccc1CN1C(=O)CCC1=O)c1nc2ccccc2[nH]1. The van der Waals surface area contributed by atoms with Gasteiger partial charge >= 0.3 is 6.03 Å². The Kier molecular flexibility index (Phi) is 4.99. The highest BCUT2D eigenvalue weighted by atomic mass is 16.2. The van der Waals surface area contributed by atoms with Crippen molar-refractivity contribution in [2.45, 2.75) is 32.4 Å². The van der Waals surface area contributed by atoms with E-state index in [1.165, 1.54) is 4.90 Å². The third kappa shape index (κ3) is 3.96. The number of likely N-dealkylation sites (tertiary alicyclic amines) is 1.